The van der Waals surface area contributed by atoms with E-state index in [-0.39, 0.29) is 6.04 Å². The summed E-state index contributed by atoms with van der Waals surface area (Å²) in [5, 5.41) is 0.692. The molecule has 0 aliphatic rings. The number of pyridine rings is 1. The van der Waals surface area contributed by atoms with Gasteiger partial charge in [0.25, 0.3) is 0 Å². The summed E-state index contributed by atoms with van der Waals surface area (Å²) in [6.07, 6.45) is 3.61. The third kappa shape index (κ3) is 3.79. The van der Waals surface area contributed by atoms with Crippen LogP contribution in [0.1, 0.15) is 29.8 Å². The quantitative estimate of drug-likeness (QED) is 0.634. The summed E-state index contributed by atoms with van der Waals surface area (Å²) in [6.45, 7) is 2.12. The molecule has 0 fully saturated rings. The lowest BCUT2D eigenvalue weighted by Gasteiger charge is -2.18. The van der Waals surface area contributed by atoms with E-state index in [2.05, 4.69) is 39.3 Å². The summed E-state index contributed by atoms with van der Waals surface area (Å²) in [5.41, 5.74) is 6.09. The van der Waals surface area contributed by atoms with E-state index in [9.17, 15) is 0 Å². The van der Waals surface area contributed by atoms with Crippen LogP contribution in [0.2, 0.25) is 5.02 Å². The molecule has 0 saturated heterocycles. The van der Waals surface area contributed by atoms with Crippen molar-refractivity contribution in [3.8, 4) is 0 Å². The standard InChI is InChI=1S/C15H17BrClN3/c1-2-10-3-5-12(19-9-10)8-15(20-18)13-7-11(17)4-6-14(13)16/h3-7,9,15,20H,2,8,18H2,1H3. The van der Waals surface area contributed by atoms with Crippen LogP contribution in [0.4, 0.5) is 0 Å². The molecule has 3 N–H and O–H groups in total. The van der Waals surface area contributed by atoms with Crippen molar-refractivity contribution in [2.75, 3.05) is 0 Å². The summed E-state index contributed by atoms with van der Waals surface area (Å²) in [6, 6.07) is 9.79. The van der Waals surface area contributed by atoms with Gasteiger partial charge in [0, 0.05) is 27.8 Å². The molecule has 106 valence electrons. The number of benzene rings is 1. The maximum atomic E-state index is 6.06. The summed E-state index contributed by atoms with van der Waals surface area (Å²) in [5.74, 6) is 5.69. The van der Waals surface area contributed by atoms with Gasteiger partial charge in [-0.3, -0.25) is 16.3 Å². The Morgan fingerprint density at radius 1 is 1.35 bits per heavy atom. The molecule has 0 bridgehead atoms. The van der Waals surface area contributed by atoms with E-state index in [4.69, 9.17) is 17.4 Å². The van der Waals surface area contributed by atoms with Gasteiger partial charge in [-0.2, -0.15) is 0 Å². The minimum atomic E-state index is -0.0388. The van der Waals surface area contributed by atoms with Crippen LogP contribution < -0.4 is 11.3 Å². The highest BCUT2D eigenvalue weighted by atomic mass is 79.9. The van der Waals surface area contributed by atoms with Crippen LogP contribution >= 0.6 is 27.5 Å². The number of rotatable bonds is 5. The first kappa shape index (κ1) is 15.4. The van der Waals surface area contributed by atoms with Crippen LogP contribution in [0.5, 0.6) is 0 Å². The number of nitrogens with two attached hydrogens (primary N) is 1. The Kier molecular flexibility index (Phi) is 5.54. The third-order valence-corrected chi connectivity index (χ3v) is 4.20. The number of hydrazine groups is 1. The highest BCUT2D eigenvalue weighted by molar-refractivity contribution is 9.10. The molecule has 5 heteroatoms. The van der Waals surface area contributed by atoms with Gasteiger partial charge in [-0.15, -0.1) is 0 Å². The van der Waals surface area contributed by atoms with Gasteiger partial charge >= 0.3 is 0 Å². The van der Waals surface area contributed by atoms with E-state index in [1.807, 2.05) is 30.5 Å². The van der Waals surface area contributed by atoms with E-state index in [1.54, 1.807) is 0 Å². The lowest BCUT2D eigenvalue weighted by molar-refractivity contribution is 0.544. The summed E-state index contributed by atoms with van der Waals surface area (Å²) in [7, 11) is 0. The van der Waals surface area contributed by atoms with Gasteiger partial charge in [-0.25, -0.2) is 0 Å². The monoisotopic (exact) mass is 353 g/mol. The number of aryl methyl sites for hydroxylation is 1. The number of halogens is 2. The molecule has 0 aliphatic carbocycles. The zero-order valence-corrected chi connectivity index (χ0v) is 13.6. The third-order valence-electron chi connectivity index (χ3n) is 3.24. The van der Waals surface area contributed by atoms with Crippen molar-refractivity contribution in [3.63, 3.8) is 0 Å². The number of hydrogen-bond acceptors (Lipinski definition) is 3. The lowest BCUT2D eigenvalue weighted by atomic mass is 10.0. The van der Waals surface area contributed by atoms with Gasteiger partial charge in [0.05, 0.1) is 6.04 Å². The molecular formula is C15H17BrClN3. The normalized spacial score (nSPS) is 12.4. The van der Waals surface area contributed by atoms with Crippen molar-refractivity contribution in [1.82, 2.24) is 10.4 Å². The smallest absolute Gasteiger partial charge is 0.0527 e. The fourth-order valence-corrected chi connectivity index (χ4v) is 2.74. The molecule has 0 radical (unpaired) electrons. The average Bonchev–Trinajstić information content (AvgIpc) is 2.48. The van der Waals surface area contributed by atoms with Gasteiger partial charge in [-0.1, -0.05) is 40.5 Å². The summed E-state index contributed by atoms with van der Waals surface area (Å²) >= 11 is 9.59. The average molecular weight is 355 g/mol. The highest BCUT2D eigenvalue weighted by Crippen LogP contribution is 2.28. The number of nitrogens with zero attached hydrogens (tertiary/aromatic N) is 1. The SMILES string of the molecule is CCc1ccc(CC(NN)c2cc(Cl)ccc2Br)nc1. The van der Waals surface area contributed by atoms with Crippen molar-refractivity contribution in [3.05, 3.63) is 62.8 Å². The van der Waals surface area contributed by atoms with Crippen LogP contribution in [0, 0.1) is 0 Å². The number of nitrogens with one attached hydrogen (secondary N) is 1. The Hall–Kier alpha value is -0.940. The minimum absolute atomic E-state index is 0.0388. The van der Waals surface area contributed by atoms with Crippen LogP contribution in [0.25, 0.3) is 0 Å². The van der Waals surface area contributed by atoms with Gasteiger partial charge in [0.2, 0.25) is 0 Å². The largest absolute Gasteiger partial charge is 0.271 e. The maximum absolute atomic E-state index is 6.06. The Morgan fingerprint density at radius 2 is 2.15 bits per heavy atom. The molecule has 0 amide bonds. The van der Waals surface area contributed by atoms with Crippen molar-refractivity contribution >= 4 is 27.5 Å². The zero-order valence-electron chi connectivity index (χ0n) is 11.2. The fourth-order valence-electron chi connectivity index (χ4n) is 2.03. The molecule has 0 spiro atoms. The molecule has 2 aromatic rings. The van der Waals surface area contributed by atoms with Crippen molar-refractivity contribution in [2.24, 2.45) is 5.84 Å². The lowest BCUT2D eigenvalue weighted by Crippen LogP contribution is -2.30. The van der Waals surface area contributed by atoms with Crippen LogP contribution in [-0.2, 0) is 12.8 Å². The first-order valence-corrected chi connectivity index (χ1v) is 7.66. The van der Waals surface area contributed by atoms with Crippen molar-refractivity contribution < 1.29 is 0 Å². The molecular weight excluding hydrogens is 338 g/mol. The Labute approximate surface area is 132 Å². The predicted molar refractivity (Wildman–Crippen MR) is 86.5 cm³/mol. The summed E-state index contributed by atoms with van der Waals surface area (Å²) < 4.78 is 0.982. The Bertz CT molecular complexity index is 572. The molecule has 1 atom stereocenters. The fraction of sp³-hybridized carbons (Fsp3) is 0.267. The van der Waals surface area contributed by atoms with Crippen LogP contribution in [0.3, 0.4) is 0 Å². The van der Waals surface area contributed by atoms with Crippen molar-refractivity contribution in [1.29, 1.82) is 0 Å². The van der Waals surface area contributed by atoms with Gasteiger partial charge in [0.15, 0.2) is 0 Å². The molecule has 0 aliphatic heterocycles. The first-order chi connectivity index (χ1) is 9.63. The topological polar surface area (TPSA) is 50.9 Å². The highest BCUT2D eigenvalue weighted by Gasteiger charge is 2.15. The second kappa shape index (κ2) is 7.18. The molecule has 1 aromatic heterocycles. The minimum Gasteiger partial charge on any atom is -0.271 e. The Morgan fingerprint density at radius 3 is 2.75 bits per heavy atom. The number of aromatic nitrogens is 1. The molecule has 1 unspecified atom stereocenters. The van der Waals surface area contributed by atoms with Gasteiger partial charge < -0.3 is 0 Å². The van der Waals surface area contributed by atoms with E-state index >= 15 is 0 Å². The zero-order chi connectivity index (χ0) is 14.5. The molecule has 1 aromatic carbocycles. The van der Waals surface area contributed by atoms with E-state index in [0.717, 1.165) is 22.2 Å². The Balaban J connectivity index is 2.21. The van der Waals surface area contributed by atoms with E-state index in [1.165, 1.54) is 5.56 Å². The maximum Gasteiger partial charge on any atom is 0.0527 e. The first-order valence-electron chi connectivity index (χ1n) is 6.49. The van der Waals surface area contributed by atoms with Crippen molar-refractivity contribution in [2.45, 2.75) is 25.8 Å². The summed E-state index contributed by atoms with van der Waals surface area (Å²) in [4.78, 5) is 4.47. The van der Waals surface area contributed by atoms with Gasteiger partial charge in [-0.05, 0) is 41.8 Å². The molecule has 2 rings (SSSR count). The van der Waals surface area contributed by atoms with Gasteiger partial charge in [0.1, 0.15) is 0 Å². The number of hydrogen-bond donors (Lipinski definition) is 2. The molecule has 20 heavy (non-hydrogen) atoms. The predicted octanol–water partition coefficient (Wildman–Crippen LogP) is 3.81. The van der Waals surface area contributed by atoms with E-state index in [0.29, 0.717) is 11.4 Å². The second-order valence-corrected chi connectivity index (χ2v) is 5.89. The van der Waals surface area contributed by atoms with Crippen LogP contribution in [0.15, 0.2) is 41.0 Å². The van der Waals surface area contributed by atoms with Crippen LogP contribution in [-0.4, -0.2) is 4.98 Å². The molecule has 1 heterocycles. The van der Waals surface area contributed by atoms with E-state index < -0.39 is 0 Å². The second-order valence-electron chi connectivity index (χ2n) is 4.60. The molecule has 0 saturated carbocycles. The molecule has 3 nitrogen and oxygen atoms in total.